The summed E-state index contributed by atoms with van der Waals surface area (Å²) in [5.41, 5.74) is 10.3. The maximum atomic E-state index is 5.16. The molecule has 0 heterocycles. The van der Waals surface area contributed by atoms with Crippen LogP contribution < -0.4 is 16.8 Å². The summed E-state index contributed by atoms with van der Waals surface area (Å²) in [5, 5.41) is 2.75. The van der Waals surface area contributed by atoms with Crippen molar-refractivity contribution < 1.29 is 0 Å². The second-order valence-electron chi connectivity index (χ2n) is 1.78. The minimum atomic E-state index is 0.775. The Hall–Kier alpha value is -0.120. The molecule has 0 aliphatic rings. The first kappa shape index (κ1) is 11.6. The Morgan fingerprint density at radius 2 is 1.22 bits per heavy atom. The highest BCUT2D eigenvalue weighted by Crippen LogP contribution is 1.77. The molecule has 0 rings (SSSR count). The molecule has 58 valence electrons. The molecule has 0 aromatic carbocycles. The minimum Gasteiger partial charge on any atom is -0.330 e. The first-order valence-electron chi connectivity index (χ1n) is 3.32. The number of rotatable bonds is 3. The van der Waals surface area contributed by atoms with Crippen molar-refractivity contribution in [2.75, 3.05) is 27.2 Å². The molecule has 0 fully saturated rings. The van der Waals surface area contributed by atoms with Crippen molar-refractivity contribution >= 4 is 0 Å². The highest BCUT2D eigenvalue weighted by atomic mass is 14.7. The van der Waals surface area contributed by atoms with E-state index in [4.69, 9.17) is 11.5 Å². The van der Waals surface area contributed by atoms with Gasteiger partial charge in [-0.25, -0.2) is 0 Å². The molecular formula is C6H19N3. The summed E-state index contributed by atoms with van der Waals surface area (Å²) in [6.07, 6.45) is 2.13. The van der Waals surface area contributed by atoms with Gasteiger partial charge in [-0.3, -0.25) is 0 Å². The third-order valence-electron chi connectivity index (χ3n) is 0.658. The predicted molar refractivity (Wildman–Crippen MR) is 42.3 cm³/mol. The summed E-state index contributed by atoms with van der Waals surface area (Å²) in [5.74, 6) is 0. The zero-order valence-corrected chi connectivity index (χ0v) is 6.48. The number of nitrogens with one attached hydrogen (secondary N) is 1. The van der Waals surface area contributed by atoms with Gasteiger partial charge in [-0.15, -0.1) is 0 Å². The quantitative estimate of drug-likeness (QED) is 0.456. The van der Waals surface area contributed by atoms with E-state index in [0.29, 0.717) is 0 Å². The Bertz CT molecular complexity index is 27.5. The molecule has 0 bridgehead atoms. The van der Waals surface area contributed by atoms with Crippen molar-refractivity contribution in [3.05, 3.63) is 0 Å². The summed E-state index contributed by atoms with van der Waals surface area (Å²) in [6.45, 7) is 1.55. The second-order valence-corrected chi connectivity index (χ2v) is 1.78. The van der Waals surface area contributed by atoms with Gasteiger partial charge in [0.15, 0.2) is 0 Å². The zero-order chi connectivity index (χ0) is 7.54. The van der Waals surface area contributed by atoms with Gasteiger partial charge in [0.05, 0.1) is 0 Å². The first-order chi connectivity index (χ1) is 4.33. The van der Waals surface area contributed by atoms with E-state index >= 15 is 0 Å². The van der Waals surface area contributed by atoms with Crippen LogP contribution in [0.25, 0.3) is 0 Å². The van der Waals surface area contributed by atoms with Crippen LogP contribution in [0.1, 0.15) is 12.8 Å². The maximum Gasteiger partial charge on any atom is -0.00768 e. The van der Waals surface area contributed by atoms with Gasteiger partial charge in [0.1, 0.15) is 0 Å². The van der Waals surface area contributed by atoms with Crippen molar-refractivity contribution in [2.24, 2.45) is 11.5 Å². The zero-order valence-electron chi connectivity index (χ0n) is 6.48. The molecule has 3 nitrogen and oxygen atoms in total. The van der Waals surface area contributed by atoms with Crippen molar-refractivity contribution in [1.29, 1.82) is 0 Å². The van der Waals surface area contributed by atoms with Gasteiger partial charge >= 0.3 is 0 Å². The smallest absolute Gasteiger partial charge is 0.00768 e. The van der Waals surface area contributed by atoms with Crippen LogP contribution in [0.2, 0.25) is 0 Å². The SMILES string of the molecule is CNC.NCCCCN. The van der Waals surface area contributed by atoms with E-state index in [-0.39, 0.29) is 0 Å². The highest BCUT2D eigenvalue weighted by Gasteiger charge is 1.75. The molecule has 3 heteroatoms. The van der Waals surface area contributed by atoms with E-state index in [2.05, 4.69) is 5.32 Å². The van der Waals surface area contributed by atoms with Gasteiger partial charge in [0.25, 0.3) is 0 Å². The molecule has 0 radical (unpaired) electrons. The van der Waals surface area contributed by atoms with Crippen molar-refractivity contribution in [2.45, 2.75) is 12.8 Å². The molecule has 0 spiro atoms. The van der Waals surface area contributed by atoms with E-state index in [0.717, 1.165) is 25.9 Å². The van der Waals surface area contributed by atoms with E-state index in [1.807, 2.05) is 14.1 Å². The third-order valence-corrected chi connectivity index (χ3v) is 0.658. The van der Waals surface area contributed by atoms with Crippen LogP contribution in [0.4, 0.5) is 0 Å². The van der Waals surface area contributed by atoms with Crippen LogP contribution in [0.3, 0.4) is 0 Å². The molecular weight excluding hydrogens is 114 g/mol. The molecule has 0 saturated heterocycles. The van der Waals surface area contributed by atoms with Gasteiger partial charge in [-0.2, -0.15) is 0 Å². The van der Waals surface area contributed by atoms with Gasteiger partial charge in [0, 0.05) is 0 Å². The second kappa shape index (κ2) is 15.7. The normalized spacial score (nSPS) is 8.00. The van der Waals surface area contributed by atoms with Crippen LogP contribution in [-0.4, -0.2) is 27.2 Å². The van der Waals surface area contributed by atoms with Crippen LogP contribution in [-0.2, 0) is 0 Å². The summed E-state index contributed by atoms with van der Waals surface area (Å²) < 4.78 is 0. The largest absolute Gasteiger partial charge is 0.330 e. The third kappa shape index (κ3) is 32.8. The monoisotopic (exact) mass is 133 g/mol. The molecule has 0 atom stereocenters. The summed E-state index contributed by atoms with van der Waals surface area (Å²) in [4.78, 5) is 0. The fourth-order valence-electron chi connectivity index (χ4n) is 0.289. The molecule has 0 amide bonds. The van der Waals surface area contributed by atoms with Crippen molar-refractivity contribution in [3.8, 4) is 0 Å². The van der Waals surface area contributed by atoms with E-state index in [1.165, 1.54) is 0 Å². The van der Waals surface area contributed by atoms with Gasteiger partial charge < -0.3 is 16.8 Å². The summed E-state index contributed by atoms with van der Waals surface area (Å²) >= 11 is 0. The lowest BCUT2D eigenvalue weighted by molar-refractivity contribution is 0.755. The standard InChI is InChI=1S/C4H12N2.C2H7N/c5-3-1-2-4-6;1-3-2/h1-6H2;3H,1-2H3. The first-order valence-corrected chi connectivity index (χ1v) is 3.32. The van der Waals surface area contributed by atoms with Crippen molar-refractivity contribution in [3.63, 3.8) is 0 Å². The molecule has 9 heavy (non-hydrogen) atoms. The van der Waals surface area contributed by atoms with Gasteiger partial charge in [-0.1, -0.05) is 0 Å². The van der Waals surface area contributed by atoms with Crippen LogP contribution in [0.15, 0.2) is 0 Å². The van der Waals surface area contributed by atoms with Gasteiger partial charge in [0.2, 0.25) is 0 Å². The summed E-state index contributed by atoms with van der Waals surface area (Å²) in [7, 11) is 3.75. The highest BCUT2D eigenvalue weighted by molar-refractivity contribution is 4.38. The Morgan fingerprint density at radius 1 is 1.00 bits per heavy atom. The molecule has 0 aromatic heterocycles. The molecule has 0 aliphatic carbocycles. The number of unbranched alkanes of at least 4 members (excludes halogenated alkanes) is 1. The number of nitrogens with two attached hydrogens (primary N) is 2. The predicted octanol–water partition coefficient (Wildman–Crippen LogP) is -0.480. The lowest BCUT2D eigenvalue weighted by atomic mass is 10.3. The Kier molecular flexibility index (Phi) is 20.3. The van der Waals surface area contributed by atoms with Gasteiger partial charge in [-0.05, 0) is 40.0 Å². The average Bonchev–Trinajstić information content (AvgIpc) is 1.86. The number of hydrogen-bond donors (Lipinski definition) is 3. The molecule has 0 unspecified atom stereocenters. The molecule has 0 aliphatic heterocycles. The molecule has 5 N–H and O–H groups in total. The van der Waals surface area contributed by atoms with E-state index < -0.39 is 0 Å². The van der Waals surface area contributed by atoms with Crippen LogP contribution >= 0.6 is 0 Å². The molecule has 0 saturated carbocycles. The molecule has 0 aromatic rings. The van der Waals surface area contributed by atoms with Crippen molar-refractivity contribution in [1.82, 2.24) is 5.32 Å². The summed E-state index contributed by atoms with van der Waals surface area (Å²) in [6, 6.07) is 0. The fraction of sp³-hybridized carbons (Fsp3) is 1.00. The minimum absolute atomic E-state index is 0.775. The lowest BCUT2D eigenvalue weighted by Gasteiger charge is -1.87. The van der Waals surface area contributed by atoms with E-state index in [1.54, 1.807) is 0 Å². The topological polar surface area (TPSA) is 64.1 Å². The number of hydrogen-bond acceptors (Lipinski definition) is 3. The Morgan fingerprint density at radius 3 is 1.33 bits per heavy atom. The average molecular weight is 133 g/mol. The van der Waals surface area contributed by atoms with E-state index in [9.17, 15) is 0 Å². The Labute approximate surface area is 57.8 Å². The maximum absolute atomic E-state index is 5.16. The van der Waals surface area contributed by atoms with Crippen LogP contribution in [0, 0.1) is 0 Å². The lowest BCUT2D eigenvalue weighted by Crippen LogP contribution is -2.03. The Balaban J connectivity index is 0. The fourth-order valence-corrected chi connectivity index (χ4v) is 0.289. The van der Waals surface area contributed by atoms with Crippen LogP contribution in [0.5, 0.6) is 0 Å².